The van der Waals surface area contributed by atoms with Gasteiger partial charge in [0.2, 0.25) is 15.9 Å². The summed E-state index contributed by atoms with van der Waals surface area (Å²) in [6.45, 7) is 4.05. The van der Waals surface area contributed by atoms with Crippen LogP contribution in [0.15, 0.2) is 47.4 Å². The van der Waals surface area contributed by atoms with Gasteiger partial charge in [0.1, 0.15) is 11.8 Å². The fraction of sp³-hybridized carbons (Fsp3) is 0.316. The molecule has 1 aliphatic heterocycles. The lowest BCUT2D eigenvalue weighted by Crippen LogP contribution is -2.41. The summed E-state index contributed by atoms with van der Waals surface area (Å²) in [5.41, 5.74) is 2.23. The van der Waals surface area contributed by atoms with E-state index in [-0.39, 0.29) is 10.8 Å². The third-order valence-corrected chi connectivity index (χ3v) is 6.13. The van der Waals surface area contributed by atoms with Gasteiger partial charge in [0, 0.05) is 12.2 Å². The first-order valence-corrected chi connectivity index (χ1v) is 9.85. The number of rotatable bonds is 5. The second-order valence-corrected chi connectivity index (χ2v) is 8.10. The number of hydrogen-bond acceptors (Lipinski definition) is 4. The highest BCUT2D eigenvalue weighted by molar-refractivity contribution is 7.89. The molecule has 138 valence electrons. The Labute approximate surface area is 153 Å². The lowest BCUT2D eigenvalue weighted by atomic mass is 10.2. The molecule has 1 fully saturated rings. The number of methoxy groups -OCH3 is 1. The van der Waals surface area contributed by atoms with E-state index >= 15 is 0 Å². The van der Waals surface area contributed by atoms with Gasteiger partial charge >= 0.3 is 0 Å². The van der Waals surface area contributed by atoms with Crippen molar-refractivity contribution in [3.8, 4) is 5.75 Å². The summed E-state index contributed by atoms with van der Waals surface area (Å²) >= 11 is 0. The normalized spacial score (nSPS) is 17.6. The first-order chi connectivity index (χ1) is 12.3. The van der Waals surface area contributed by atoms with E-state index in [9.17, 15) is 13.2 Å². The number of hydrogen-bond donors (Lipinski definition) is 1. The predicted molar refractivity (Wildman–Crippen MR) is 100.0 cm³/mol. The largest absolute Gasteiger partial charge is 0.497 e. The highest BCUT2D eigenvalue weighted by Crippen LogP contribution is 2.25. The number of sulfonamides is 1. The molecule has 2 aromatic carbocycles. The average molecular weight is 374 g/mol. The maximum atomic E-state index is 12.7. The van der Waals surface area contributed by atoms with Crippen molar-refractivity contribution < 1.29 is 17.9 Å². The fourth-order valence-corrected chi connectivity index (χ4v) is 4.61. The molecule has 1 atom stereocenters. The molecule has 0 radical (unpaired) electrons. The third-order valence-electron chi connectivity index (χ3n) is 4.52. The Kier molecular flexibility index (Phi) is 5.02. The molecule has 1 saturated heterocycles. The molecule has 1 N–H and O–H groups in total. The molecule has 7 heteroatoms. The molecule has 0 aromatic heterocycles. The third kappa shape index (κ3) is 3.59. The van der Waals surface area contributed by atoms with E-state index in [1.54, 1.807) is 55.3 Å². The SMILES string of the molecule is COc1ccc(N2CC[C@@H](NS(=O)(=O)c3cc(C)ccc3C)C2=O)cc1. The van der Waals surface area contributed by atoms with Gasteiger partial charge in [0.15, 0.2) is 0 Å². The summed E-state index contributed by atoms with van der Waals surface area (Å²) in [5.74, 6) is 0.455. The molecule has 2 aromatic rings. The van der Waals surface area contributed by atoms with Gasteiger partial charge in [-0.25, -0.2) is 8.42 Å². The van der Waals surface area contributed by atoms with Gasteiger partial charge in [-0.3, -0.25) is 4.79 Å². The van der Waals surface area contributed by atoms with Crippen LogP contribution in [0, 0.1) is 13.8 Å². The van der Waals surface area contributed by atoms with E-state index in [1.165, 1.54) is 0 Å². The van der Waals surface area contributed by atoms with Crippen molar-refractivity contribution in [1.82, 2.24) is 4.72 Å². The Balaban J connectivity index is 1.78. The van der Waals surface area contributed by atoms with E-state index in [0.717, 1.165) is 11.3 Å². The molecular formula is C19H22N2O4S. The Morgan fingerprint density at radius 3 is 2.46 bits per heavy atom. The minimum Gasteiger partial charge on any atom is -0.497 e. The second-order valence-electron chi connectivity index (χ2n) is 6.42. The monoisotopic (exact) mass is 374 g/mol. The van der Waals surface area contributed by atoms with E-state index in [2.05, 4.69) is 4.72 Å². The Hall–Kier alpha value is -2.38. The second kappa shape index (κ2) is 7.09. The van der Waals surface area contributed by atoms with Crippen LogP contribution in [0.5, 0.6) is 5.75 Å². The number of amides is 1. The van der Waals surface area contributed by atoms with Crippen molar-refractivity contribution in [2.75, 3.05) is 18.6 Å². The lowest BCUT2D eigenvalue weighted by Gasteiger charge is -2.18. The van der Waals surface area contributed by atoms with Crippen LogP contribution >= 0.6 is 0 Å². The maximum Gasteiger partial charge on any atom is 0.245 e. The number of benzene rings is 2. The molecule has 0 unspecified atom stereocenters. The van der Waals surface area contributed by atoms with Gasteiger partial charge in [-0.2, -0.15) is 4.72 Å². The van der Waals surface area contributed by atoms with Gasteiger partial charge in [0.25, 0.3) is 0 Å². The topological polar surface area (TPSA) is 75.7 Å². The van der Waals surface area contributed by atoms with Crippen LogP contribution in [0.3, 0.4) is 0 Å². The van der Waals surface area contributed by atoms with Crippen LogP contribution in [-0.2, 0) is 14.8 Å². The minimum absolute atomic E-state index is 0.216. The Morgan fingerprint density at radius 1 is 1.12 bits per heavy atom. The van der Waals surface area contributed by atoms with Crippen molar-refractivity contribution in [1.29, 1.82) is 0 Å². The molecule has 1 aliphatic rings. The highest BCUT2D eigenvalue weighted by Gasteiger charge is 2.36. The van der Waals surface area contributed by atoms with Crippen LogP contribution in [0.25, 0.3) is 0 Å². The molecule has 26 heavy (non-hydrogen) atoms. The maximum absolute atomic E-state index is 12.7. The van der Waals surface area contributed by atoms with Gasteiger partial charge in [-0.15, -0.1) is 0 Å². The van der Waals surface area contributed by atoms with Crippen LogP contribution in [0.1, 0.15) is 17.5 Å². The number of carbonyl (C=O) groups excluding carboxylic acids is 1. The Morgan fingerprint density at radius 2 is 1.81 bits per heavy atom. The van der Waals surface area contributed by atoms with E-state index < -0.39 is 16.1 Å². The average Bonchev–Trinajstić information content (AvgIpc) is 2.97. The minimum atomic E-state index is -3.76. The van der Waals surface area contributed by atoms with Gasteiger partial charge in [-0.1, -0.05) is 12.1 Å². The number of nitrogens with zero attached hydrogens (tertiary/aromatic N) is 1. The van der Waals surface area contributed by atoms with Crippen LogP contribution in [0.4, 0.5) is 5.69 Å². The van der Waals surface area contributed by atoms with Crippen LogP contribution in [0.2, 0.25) is 0 Å². The first-order valence-electron chi connectivity index (χ1n) is 8.37. The van der Waals surface area contributed by atoms with E-state index in [4.69, 9.17) is 4.74 Å². The zero-order valence-corrected chi connectivity index (χ0v) is 15.8. The quantitative estimate of drug-likeness (QED) is 0.872. The molecule has 0 aliphatic carbocycles. The molecular weight excluding hydrogens is 352 g/mol. The summed E-state index contributed by atoms with van der Waals surface area (Å²) in [6, 6.07) is 11.6. The van der Waals surface area contributed by atoms with Gasteiger partial charge in [-0.05, 0) is 61.7 Å². The van der Waals surface area contributed by atoms with Crippen molar-refractivity contribution in [2.24, 2.45) is 0 Å². The first kappa shape index (κ1) is 18.4. The molecule has 1 heterocycles. The summed E-state index contributed by atoms with van der Waals surface area (Å²) < 4.78 is 33.2. The zero-order chi connectivity index (χ0) is 18.9. The van der Waals surface area contributed by atoms with Gasteiger partial charge in [0.05, 0.1) is 12.0 Å². The van der Waals surface area contributed by atoms with Crippen molar-refractivity contribution in [3.05, 3.63) is 53.6 Å². The summed E-state index contributed by atoms with van der Waals surface area (Å²) in [7, 11) is -2.19. The van der Waals surface area contributed by atoms with Crippen molar-refractivity contribution in [2.45, 2.75) is 31.2 Å². The zero-order valence-electron chi connectivity index (χ0n) is 15.0. The molecule has 1 amide bonds. The summed E-state index contributed by atoms with van der Waals surface area (Å²) in [4.78, 5) is 14.5. The lowest BCUT2D eigenvalue weighted by molar-refractivity contribution is -0.118. The standard InChI is InChI=1S/C19H22N2O4S/c1-13-4-5-14(2)18(12-13)26(23,24)20-17-10-11-21(19(17)22)15-6-8-16(25-3)9-7-15/h4-9,12,17,20H,10-11H2,1-3H3/t17-/m1/s1. The number of carbonyl (C=O) groups is 1. The predicted octanol–water partition coefficient (Wildman–Crippen LogP) is 2.40. The highest BCUT2D eigenvalue weighted by atomic mass is 32.2. The van der Waals surface area contributed by atoms with Crippen molar-refractivity contribution in [3.63, 3.8) is 0 Å². The molecule has 3 rings (SSSR count). The van der Waals surface area contributed by atoms with E-state index in [0.29, 0.717) is 24.3 Å². The Bertz CT molecular complexity index is 923. The summed E-state index contributed by atoms with van der Waals surface area (Å²) in [5, 5.41) is 0. The molecule has 0 bridgehead atoms. The smallest absolute Gasteiger partial charge is 0.245 e. The summed E-state index contributed by atoms with van der Waals surface area (Å²) in [6.07, 6.45) is 0.426. The van der Waals surface area contributed by atoms with Crippen molar-refractivity contribution >= 4 is 21.6 Å². The fourth-order valence-electron chi connectivity index (χ4n) is 3.06. The number of ether oxygens (including phenoxy) is 1. The van der Waals surface area contributed by atoms with Crippen LogP contribution < -0.4 is 14.4 Å². The van der Waals surface area contributed by atoms with Crippen LogP contribution in [-0.4, -0.2) is 34.0 Å². The van der Waals surface area contributed by atoms with E-state index in [1.807, 2.05) is 13.0 Å². The number of anilines is 1. The number of nitrogens with one attached hydrogen (secondary N) is 1. The number of aryl methyl sites for hydroxylation is 2. The van der Waals surface area contributed by atoms with Gasteiger partial charge < -0.3 is 9.64 Å². The molecule has 0 saturated carbocycles. The molecule has 0 spiro atoms. The molecule has 6 nitrogen and oxygen atoms in total.